The van der Waals surface area contributed by atoms with E-state index < -0.39 is 11.9 Å². The minimum absolute atomic E-state index is 0.120. The van der Waals surface area contributed by atoms with Crippen molar-refractivity contribution in [3.63, 3.8) is 0 Å². The van der Waals surface area contributed by atoms with Gasteiger partial charge in [-0.15, -0.1) is 0 Å². The number of carboxylic acids is 1. The largest absolute Gasteiger partial charge is 0.481 e. The van der Waals surface area contributed by atoms with Gasteiger partial charge in [0, 0.05) is 26.2 Å². The van der Waals surface area contributed by atoms with Crippen molar-refractivity contribution in [3.05, 3.63) is 35.4 Å². The first-order valence-corrected chi connectivity index (χ1v) is 6.53. The number of aliphatic carboxylic acids is 1. The third-order valence-electron chi connectivity index (χ3n) is 3.46. The molecule has 0 spiro atoms. The number of hydrogen-bond donors (Lipinski definition) is 2. The van der Waals surface area contributed by atoms with Crippen LogP contribution in [0.5, 0.6) is 0 Å². The molecular weight excluding hydrogens is 244 g/mol. The fraction of sp³-hybridized carbons (Fsp3) is 0.500. The summed E-state index contributed by atoms with van der Waals surface area (Å²) in [6.45, 7) is 4.12. The van der Waals surface area contributed by atoms with Gasteiger partial charge in [0.2, 0.25) is 0 Å². The summed E-state index contributed by atoms with van der Waals surface area (Å²) in [5, 5.41) is 9.24. The van der Waals surface area contributed by atoms with Crippen molar-refractivity contribution in [2.24, 2.45) is 5.73 Å². The molecule has 1 aliphatic rings. The summed E-state index contributed by atoms with van der Waals surface area (Å²) in [5.74, 6) is -1.49. The molecule has 2 rings (SSSR count). The summed E-state index contributed by atoms with van der Waals surface area (Å²) < 4.78 is 5.32. The monoisotopic (exact) mass is 264 g/mol. The number of benzene rings is 1. The van der Waals surface area contributed by atoms with Gasteiger partial charge in [0.05, 0.1) is 19.1 Å². The summed E-state index contributed by atoms with van der Waals surface area (Å²) in [7, 11) is 0. The second kappa shape index (κ2) is 6.65. The molecule has 1 fully saturated rings. The molecule has 1 aliphatic heterocycles. The molecule has 5 nitrogen and oxygen atoms in total. The lowest BCUT2D eigenvalue weighted by Gasteiger charge is -2.28. The highest BCUT2D eigenvalue weighted by molar-refractivity contribution is 5.77. The molecule has 5 heteroatoms. The van der Waals surface area contributed by atoms with Crippen LogP contribution in [-0.2, 0) is 16.1 Å². The third-order valence-corrected chi connectivity index (χ3v) is 3.46. The van der Waals surface area contributed by atoms with Gasteiger partial charge in [-0.2, -0.15) is 0 Å². The normalized spacial score (nSPS) is 18.2. The van der Waals surface area contributed by atoms with E-state index in [4.69, 9.17) is 10.5 Å². The van der Waals surface area contributed by atoms with Crippen LogP contribution in [0.1, 0.15) is 17.0 Å². The van der Waals surface area contributed by atoms with Crippen LogP contribution in [0.15, 0.2) is 24.3 Å². The van der Waals surface area contributed by atoms with Gasteiger partial charge in [0.1, 0.15) is 0 Å². The first kappa shape index (κ1) is 14.0. The van der Waals surface area contributed by atoms with Gasteiger partial charge in [0.25, 0.3) is 0 Å². The first-order valence-electron chi connectivity index (χ1n) is 6.53. The Kier molecular flexibility index (Phi) is 4.90. The third kappa shape index (κ3) is 3.53. The van der Waals surface area contributed by atoms with Gasteiger partial charge in [-0.3, -0.25) is 9.69 Å². The zero-order valence-electron chi connectivity index (χ0n) is 10.9. The van der Waals surface area contributed by atoms with Gasteiger partial charge in [-0.25, -0.2) is 0 Å². The molecule has 1 unspecified atom stereocenters. The Bertz CT molecular complexity index is 430. The van der Waals surface area contributed by atoms with E-state index in [1.165, 1.54) is 0 Å². The second-order valence-electron chi connectivity index (χ2n) is 4.71. The summed E-state index contributed by atoms with van der Waals surface area (Å²) in [6, 6.07) is 7.65. The average Bonchev–Trinajstić information content (AvgIpc) is 2.42. The van der Waals surface area contributed by atoms with Gasteiger partial charge < -0.3 is 15.6 Å². The Labute approximate surface area is 113 Å². The molecule has 0 aliphatic carbocycles. The fourth-order valence-corrected chi connectivity index (χ4v) is 2.38. The summed E-state index contributed by atoms with van der Waals surface area (Å²) >= 11 is 0. The van der Waals surface area contributed by atoms with Crippen LogP contribution in [-0.4, -0.2) is 48.8 Å². The number of ether oxygens (including phenoxy) is 1. The minimum Gasteiger partial charge on any atom is -0.481 e. The Morgan fingerprint density at radius 3 is 2.68 bits per heavy atom. The van der Waals surface area contributed by atoms with Crippen LogP contribution in [0.25, 0.3) is 0 Å². The van der Waals surface area contributed by atoms with Crippen molar-refractivity contribution in [2.75, 3.05) is 32.8 Å². The number of carbonyl (C=O) groups is 1. The number of rotatable bonds is 5. The van der Waals surface area contributed by atoms with Gasteiger partial charge >= 0.3 is 5.97 Å². The Morgan fingerprint density at radius 1 is 1.37 bits per heavy atom. The second-order valence-corrected chi connectivity index (χ2v) is 4.71. The molecule has 0 saturated carbocycles. The number of nitrogens with zero attached hydrogens (tertiary/aromatic N) is 1. The number of hydrogen-bond acceptors (Lipinski definition) is 4. The van der Waals surface area contributed by atoms with E-state index in [1.807, 2.05) is 24.3 Å². The Morgan fingerprint density at radius 2 is 2.05 bits per heavy atom. The molecular formula is C14H20N2O3. The summed E-state index contributed by atoms with van der Waals surface area (Å²) in [5.41, 5.74) is 7.46. The molecule has 1 aromatic rings. The Hall–Kier alpha value is -1.43. The van der Waals surface area contributed by atoms with E-state index in [2.05, 4.69) is 4.90 Å². The molecule has 1 aromatic carbocycles. The van der Waals surface area contributed by atoms with E-state index in [0.29, 0.717) is 0 Å². The maximum Gasteiger partial charge on any atom is 0.312 e. The molecule has 104 valence electrons. The molecule has 0 amide bonds. The Balaban J connectivity index is 2.17. The summed E-state index contributed by atoms with van der Waals surface area (Å²) in [6.07, 6.45) is 0. The van der Waals surface area contributed by atoms with E-state index >= 15 is 0 Å². The van der Waals surface area contributed by atoms with E-state index in [1.54, 1.807) is 0 Å². The number of morpholine rings is 1. The van der Waals surface area contributed by atoms with Crippen LogP contribution in [0.3, 0.4) is 0 Å². The fourth-order valence-electron chi connectivity index (χ4n) is 2.38. The van der Waals surface area contributed by atoms with Crippen LogP contribution in [0, 0.1) is 0 Å². The number of nitrogens with two attached hydrogens (primary N) is 1. The minimum atomic E-state index is -0.864. The van der Waals surface area contributed by atoms with Crippen LogP contribution < -0.4 is 5.73 Å². The molecule has 0 radical (unpaired) electrons. The highest BCUT2D eigenvalue weighted by Gasteiger charge is 2.22. The lowest BCUT2D eigenvalue weighted by Crippen LogP contribution is -2.36. The maximum atomic E-state index is 11.3. The van der Waals surface area contributed by atoms with E-state index in [9.17, 15) is 9.90 Å². The molecule has 1 heterocycles. The lowest BCUT2D eigenvalue weighted by molar-refractivity contribution is -0.138. The van der Waals surface area contributed by atoms with E-state index in [0.717, 1.165) is 44.0 Å². The molecule has 3 N–H and O–H groups in total. The zero-order chi connectivity index (χ0) is 13.7. The topological polar surface area (TPSA) is 75.8 Å². The average molecular weight is 264 g/mol. The van der Waals surface area contributed by atoms with Gasteiger partial charge in [-0.1, -0.05) is 24.3 Å². The van der Waals surface area contributed by atoms with Gasteiger partial charge in [0.15, 0.2) is 0 Å². The summed E-state index contributed by atoms with van der Waals surface area (Å²) in [4.78, 5) is 13.5. The van der Waals surface area contributed by atoms with E-state index in [-0.39, 0.29) is 6.54 Å². The molecule has 0 bridgehead atoms. The predicted molar refractivity (Wildman–Crippen MR) is 72.0 cm³/mol. The molecule has 19 heavy (non-hydrogen) atoms. The van der Waals surface area contributed by atoms with Crippen molar-refractivity contribution < 1.29 is 14.6 Å². The molecule has 0 aromatic heterocycles. The highest BCUT2D eigenvalue weighted by atomic mass is 16.5. The number of carboxylic acid groups (broad SMARTS) is 1. The predicted octanol–water partition coefficient (Wildman–Crippen LogP) is 0.646. The SMILES string of the molecule is NCC(C(=O)O)c1ccccc1CN1CCOCC1. The van der Waals surface area contributed by atoms with Crippen LogP contribution in [0.2, 0.25) is 0 Å². The molecule has 1 saturated heterocycles. The molecule has 1 atom stereocenters. The van der Waals surface area contributed by atoms with Crippen LogP contribution >= 0.6 is 0 Å². The first-order chi connectivity index (χ1) is 9.22. The van der Waals surface area contributed by atoms with Crippen molar-refractivity contribution in [2.45, 2.75) is 12.5 Å². The van der Waals surface area contributed by atoms with Crippen molar-refractivity contribution >= 4 is 5.97 Å². The van der Waals surface area contributed by atoms with Crippen molar-refractivity contribution in [1.29, 1.82) is 0 Å². The van der Waals surface area contributed by atoms with Crippen LogP contribution in [0.4, 0.5) is 0 Å². The highest BCUT2D eigenvalue weighted by Crippen LogP contribution is 2.21. The lowest BCUT2D eigenvalue weighted by atomic mass is 9.94. The standard InChI is InChI=1S/C14H20N2O3/c15-9-13(14(17)18)12-4-2-1-3-11(12)10-16-5-7-19-8-6-16/h1-4,13H,5-10,15H2,(H,17,18). The van der Waals surface area contributed by atoms with Gasteiger partial charge in [-0.05, 0) is 11.1 Å². The smallest absolute Gasteiger partial charge is 0.312 e. The van der Waals surface area contributed by atoms with Crippen molar-refractivity contribution in [3.8, 4) is 0 Å². The maximum absolute atomic E-state index is 11.3. The zero-order valence-corrected chi connectivity index (χ0v) is 10.9. The van der Waals surface area contributed by atoms with Crippen molar-refractivity contribution in [1.82, 2.24) is 4.90 Å². The quantitative estimate of drug-likeness (QED) is 0.816.